The Morgan fingerprint density at radius 2 is 1.83 bits per heavy atom. The number of nitrogens with two attached hydrogens (primary N) is 1. The van der Waals surface area contributed by atoms with Crippen molar-refractivity contribution < 1.29 is 4.74 Å². The summed E-state index contributed by atoms with van der Waals surface area (Å²) in [6, 6.07) is 18.3. The maximum atomic E-state index is 6.24. The lowest BCUT2D eigenvalue weighted by atomic mass is 10.1. The van der Waals surface area contributed by atoms with Crippen LogP contribution in [0.25, 0.3) is 22.2 Å². The fraction of sp³-hybridized carbons (Fsp3) is 0.217. The number of anilines is 1. The molecule has 2 aromatic heterocycles. The van der Waals surface area contributed by atoms with Crippen molar-refractivity contribution in [1.29, 1.82) is 0 Å². The van der Waals surface area contributed by atoms with Gasteiger partial charge >= 0.3 is 0 Å². The molecule has 0 aliphatic carbocycles. The fourth-order valence-corrected chi connectivity index (χ4v) is 3.98. The van der Waals surface area contributed by atoms with Gasteiger partial charge in [-0.15, -0.1) is 0 Å². The first kappa shape index (κ1) is 17.7. The molecule has 0 amide bonds. The van der Waals surface area contributed by atoms with E-state index in [1.54, 1.807) is 0 Å². The monoisotopic (exact) mass is 385 g/mol. The quantitative estimate of drug-likeness (QED) is 0.538. The molecule has 1 aliphatic rings. The minimum absolute atomic E-state index is 0.469. The van der Waals surface area contributed by atoms with Crippen molar-refractivity contribution in [2.75, 3.05) is 12.3 Å². The first-order chi connectivity index (χ1) is 14.3. The number of aromatic nitrogens is 3. The molecule has 4 aromatic rings. The van der Waals surface area contributed by atoms with Gasteiger partial charge in [-0.1, -0.05) is 30.3 Å². The van der Waals surface area contributed by atoms with E-state index >= 15 is 0 Å². The molecule has 6 nitrogen and oxygen atoms in total. The summed E-state index contributed by atoms with van der Waals surface area (Å²) in [5.74, 6) is 2.12. The van der Waals surface area contributed by atoms with Crippen LogP contribution in [-0.4, -0.2) is 27.1 Å². The van der Waals surface area contributed by atoms with Gasteiger partial charge in [0.2, 0.25) is 0 Å². The number of ether oxygens (including phenoxy) is 1. The predicted octanol–water partition coefficient (Wildman–Crippen LogP) is 4.22. The van der Waals surface area contributed by atoms with E-state index < -0.39 is 0 Å². The summed E-state index contributed by atoms with van der Waals surface area (Å²) in [4.78, 5) is 8.75. The molecular formula is C23H23N5O. The number of nitrogens with one attached hydrogen (secondary N) is 1. The fourth-order valence-electron chi connectivity index (χ4n) is 3.98. The second-order valence-electron chi connectivity index (χ2n) is 7.39. The first-order valence-corrected chi connectivity index (χ1v) is 9.94. The molecular weight excluding hydrogens is 362 g/mol. The van der Waals surface area contributed by atoms with Crippen molar-refractivity contribution in [3.05, 3.63) is 67.1 Å². The summed E-state index contributed by atoms with van der Waals surface area (Å²) in [6.07, 6.45) is 6.08. The molecule has 0 radical (unpaired) electrons. The normalized spacial score (nSPS) is 16.3. The third kappa shape index (κ3) is 3.54. The van der Waals surface area contributed by atoms with E-state index in [1.165, 1.54) is 19.2 Å². The van der Waals surface area contributed by atoms with E-state index in [9.17, 15) is 0 Å². The number of hydrogen-bond donors (Lipinski definition) is 2. The van der Waals surface area contributed by atoms with Crippen LogP contribution in [0.3, 0.4) is 0 Å². The zero-order valence-electron chi connectivity index (χ0n) is 16.1. The molecule has 0 saturated carbocycles. The van der Waals surface area contributed by atoms with Gasteiger partial charge in [0.25, 0.3) is 0 Å². The Bertz CT molecular complexity index is 1120. The molecule has 0 bridgehead atoms. The van der Waals surface area contributed by atoms with Crippen molar-refractivity contribution in [1.82, 2.24) is 19.9 Å². The second-order valence-corrected chi connectivity index (χ2v) is 7.39. The van der Waals surface area contributed by atoms with E-state index in [2.05, 4.69) is 38.2 Å². The third-order valence-corrected chi connectivity index (χ3v) is 5.41. The number of hydrogen-bond acceptors (Lipinski definition) is 5. The maximum absolute atomic E-state index is 6.24. The summed E-state index contributed by atoms with van der Waals surface area (Å²) in [5.41, 5.74) is 9.23. The van der Waals surface area contributed by atoms with Gasteiger partial charge in [0.1, 0.15) is 29.3 Å². The zero-order chi connectivity index (χ0) is 19.6. The molecule has 0 spiro atoms. The minimum atomic E-state index is 0.469. The van der Waals surface area contributed by atoms with Gasteiger partial charge in [0, 0.05) is 24.3 Å². The lowest BCUT2D eigenvalue weighted by molar-refractivity contribution is 0.483. The van der Waals surface area contributed by atoms with Gasteiger partial charge in [-0.3, -0.25) is 0 Å². The second kappa shape index (κ2) is 7.56. The third-order valence-electron chi connectivity index (χ3n) is 5.41. The molecule has 2 aromatic carbocycles. The molecule has 3 N–H and O–H groups in total. The Morgan fingerprint density at radius 1 is 1.03 bits per heavy atom. The van der Waals surface area contributed by atoms with Crippen LogP contribution in [0, 0.1) is 0 Å². The van der Waals surface area contributed by atoms with Crippen molar-refractivity contribution in [2.24, 2.45) is 0 Å². The Kier molecular flexibility index (Phi) is 4.62. The number of benzene rings is 2. The van der Waals surface area contributed by atoms with E-state index in [1.807, 2.05) is 42.5 Å². The number of nitrogens with zero attached hydrogens (tertiary/aromatic N) is 3. The van der Waals surface area contributed by atoms with Crippen molar-refractivity contribution in [3.8, 4) is 22.6 Å². The first-order valence-electron chi connectivity index (χ1n) is 9.94. The highest BCUT2D eigenvalue weighted by Gasteiger charge is 2.19. The zero-order valence-corrected chi connectivity index (χ0v) is 16.1. The van der Waals surface area contributed by atoms with Gasteiger partial charge in [-0.25, -0.2) is 9.97 Å². The molecule has 1 unspecified atom stereocenters. The van der Waals surface area contributed by atoms with Crippen LogP contribution in [0.1, 0.15) is 12.8 Å². The van der Waals surface area contributed by atoms with Crippen LogP contribution >= 0.6 is 0 Å². The Labute approximate surface area is 169 Å². The molecule has 146 valence electrons. The van der Waals surface area contributed by atoms with Crippen LogP contribution in [0.15, 0.2) is 67.1 Å². The number of para-hydroxylation sites is 1. The standard InChI is InChI=1S/C23H23N5O/c24-22-21-20(14-28(23(21)27-15-26-22)13-17-5-4-12-25-17)16-8-10-19(11-9-16)29-18-6-2-1-3-7-18/h1-3,6-11,14-15,17,25H,4-5,12-13H2,(H2,24,26,27). The Balaban J connectivity index is 1.49. The summed E-state index contributed by atoms with van der Waals surface area (Å²) < 4.78 is 8.11. The number of nitrogen functional groups attached to an aromatic ring is 1. The smallest absolute Gasteiger partial charge is 0.146 e. The van der Waals surface area contributed by atoms with Crippen LogP contribution in [0.4, 0.5) is 5.82 Å². The maximum Gasteiger partial charge on any atom is 0.146 e. The predicted molar refractivity (Wildman–Crippen MR) is 115 cm³/mol. The van der Waals surface area contributed by atoms with Crippen molar-refractivity contribution >= 4 is 16.9 Å². The van der Waals surface area contributed by atoms with E-state index in [4.69, 9.17) is 10.5 Å². The SMILES string of the molecule is Nc1ncnc2c1c(-c1ccc(Oc3ccccc3)cc1)cn2CC1CCCN1. The minimum Gasteiger partial charge on any atom is -0.457 e. The van der Waals surface area contributed by atoms with E-state index in [-0.39, 0.29) is 0 Å². The molecule has 1 saturated heterocycles. The van der Waals surface area contributed by atoms with E-state index in [0.717, 1.165) is 46.7 Å². The van der Waals surface area contributed by atoms with E-state index in [0.29, 0.717) is 11.9 Å². The summed E-state index contributed by atoms with van der Waals surface area (Å²) >= 11 is 0. The number of rotatable bonds is 5. The molecule has 6 heteroatoms. The largest absolute Gasteiger partial charge is 0.457 e. The molecule has 1 fully saturated rings. The summed E-state index contributed by atoms with van der Waals surface area (Å²) in [6.45, 7) is 1.96. The van der Waals surface area contributed by atoms with Gasteiger partial charge < -0.3 is 20.4 Å². The van der Waals surface area contributed by atoms with Crippen LogP contribution < -0.4 is 15.8 Å². The molecule has 3 heterocycles. The van der Waals surface area contributed by atoms with Gasteiger partial charge in [-0.2, -0.15) is 0 Å². The highest BCUT2D eigenvalue weighted by molar-refractivity contribution is 6.00. The average molecular weight is 385 g/mol. The summed E-state index contributed by atoms with van der Waals surface area (Å²) in [7, 11) is 0. The van der Waals surface area contributed by atoms with Crippen LogP contribution in [0.2, 0.25) is 0 Å². The van der Waals surface area contributed by atoms with Crippen LogP contribution in [0.5, 0.6) is 11.5 Å². The Morgan fingerprint density at radius 3 is 2.59 bits per heavy atom. The lowest BCUT2D eigenvalue weighted by Gasteiger charge is -2.11. The van der Waals surface area contributed by atoms with Crippen molar-refractivity contribution in [2.45, 2.75) is 25.4 Å². The lowest BCUT2D eigenvalue weighted by Crippen LogP contribution is -2.26. The molecule has 1 aliphatic heterocycles. The molecule has 29 heavy (non-hydrogen) atoms. The van der Waals surface area contributed by atoms with Gasteiger partial charge in [-0.05, 0) is 49.2 Å². The van der Waals surface area contributed by atoms with Gasteiger partial charge in [0.15, 0.2) is 0 Å². The number of fused-ring (bicyclic) bond motifs is 1. The highest BCUT2D eigenvalue weighted by Crippen LogP contribution is 2.34. The topological polar surface area (TPSA) is 78.0 Å². The molecule has 5 rings (SSSR count). The molecule has 1 atom stereocenters. The van der Waals surface area contributed by atoms with Crippen molar-refractivity contribution in [3.63, 3.8) is 0 Å². The highest BCUT2D eigenvalue weighted by atomic mass is 16.5. The summed E-state index contributed by atoms with van der Waals surface area (Å²) in [5, 5.41) is 4.46. The average Bonchev–Trinajstić information content (AvgIpc) is 3.39. The van der Waals surface area contributed by atoms with Gasteiger partial charge in [0.05, 0.1) is 5.39 Å². The van der Waals surface area contributed by atoms with Crippen LogP contribution in [-0.2, 0) is 6.54 Å². The Hall–Kier alpha value is -3.38.